The smallest absolute Gasteiger partial charge is 0.392 e. The van der Waals surface area contributed by atoms with Crippen molar-refractivity contribution in [3.8, 4) is 0 Å². The van der Waals surface area contributed by atoms with Crippen LogP contribution in [0, 0.1) is 0 Å². The lowest BCUT2D eigenvalue weighted by molar-refractivity contribution is -0.168. The van der Waals surface area contributed by atoms with Gasteiger partial charge in [-0.2, -0.15) is 13.2 Å². The van der Waals surface area contributed by atoms with E-state index in [2.05, 4.69) is 9.98 Å². The Morgan fingerprint density at radius 2 is 1.86 bits per heavy atom. The Labute approximate surface area is 124 Å². The van der Waals surface area contributed by atoms with Crippen molar-refractivity contribution in [3.63, 3.8) is 0 Å². The first kappa shape index (κ1) is 14.7. The van der Waals surface area contributed by atoms with Crippen LogP contribution in [0.3, 0.4) is 0 Å². The van der Waals surface area contributed by atoms with Gasteiger partial charge in [-0.25, -0.2) is 4.98 Å². The predicted molar refractivity (Wildman–Crippen MR) is 74.4 cm³/mol. The molecule has 22 heavy (non-hydrogen) atoms. The molecule has 6 heteroatoms. The molecule has 1 aromatic carbocycles. The summed E-state index contributed by atoms with van der Waals surface area (Å²) >= 11 is 0. The second-order valence-electron chi connectivity index (χ2n) is 5.20. The lowest BCUT2D eigenvalue weighted by Crippen LogP contribution is -2.49. The van der Waals surface area contributed by atoms with E-state index in [0.29, 0.717) is 16.3 Å². The summed E-state index contributed by atoms with van der Waals surface area (Å²) in [5.74, 6) is 0. The van der Waals surface area contributed by atoms with Crippen LogP contribution in [0.25, 0.3) is 6.08 Å². The number of fused-ring (bicyclic) bond motifs is 1. The fourth-order valence-corrected chi connectivity index (χ4v) is 2.58. The molecule has 0 amide bonds. The fourth-order valence-electron chi connectivity index (χ4n) is 2.58. The van der Waals surface area contributed by atoms with Gasteiger partial charge in [0.15, 0.2) is 5.49 Å². The maximum absolute atomic E-state index is 13.8. The Morgan fingerprint density at radius 1 is 1.14 bits per heavy atom. The van der Waals surface area contributed by atoms with E-state index >= 15 is 0 Å². The minimum Gasteiger partial charge on any atom is -0.392 e. The molecule has 1 aliphatic rings. The molecule has 0 radical (unpaired) electrons. The van der Waals surface area contributed by atoms with E-state index in [1.807, 2.05) is 0 Å². The molecular weight excluding hydrogens is 293 g/mol. The molecule has 0 saturated heterocycles. The normalized spacial score (nSPS) is 20.7. The fraction of sp³-hybridized carbons (Fsp3) is 0.250. The minimum atomic E-state index is -4.48. The lowest BCUT2D eigenvalue weighted by Gasteiger charge is -2.33. The van der Waals surface area contributed by atoms with Crippen molar-refractivity contribution in [1.82, 2.24) is 4.98 Å². The van der Waals surface area contributed by atoms with Gasteiger partial charge in [0.1, 0.15) is 5.41 Å². The van der Waals surface area contributed by atoms with Gasteiger partial charge < -0.3 is 5.11 Å². The minimum absolute atomic E-state index is 0.107. The first-order valence-corrected chi connectivity index (χ1v) is 6.72. The highest BCUT2D eigenvalue weighted by Gasteiger charge is 2.55. The molecule has 1 aliphatic heterocycles. The molecule has 2 aromatic rings. The Kier molecular flexibility index (Phi) is 3.48. The van der Waals surface area contributed by atoms with Gasteiger partial charge in [-0.3, -0.25) is 4.99 Å². The Hall–Kier alpha value is -2.21. The molecule has 0 fully saturated rings. The van der Waals surface area contributed by atoms with Crippen molar-refractivity contribution in [2.75, 3.05) is 6.54 Å². The average Bonchev–Trinajstić information content (AvgIpc) is 2.53. The summed E-state index contributed by atoms with van der Waals surface area (Å²) < 4.78 is 41.4. The number of hydrogen-bond acceptors (Lipinski definition) is 3. The van der Waals surface area contributed by atoms with E-state index in [9.17, 15) is 13.2 Å². The van der Waals surface area contributed by atoms with Crippen LogP contribution in [-0.2, 0) is 12.0 Å². The van der Waals surface area contributed by atoms with Gasteiger partial charge >= 0.3 is 6.18 Å². The number of aromatic nitrogens is 1. The number of aliphatic hydroxyl groups excluding tert-OH is 1. The van der Waals surface area contributed by atoms with Gasteiger partial charge in [-0.05, 0) is 23.3 Å². The zero-order chi connectivity index (χ0) is 15.8. The number of alkyl halides is 3. The number of rotatable bonds is 2. The van der Waals surface area contributed by atoms with E-state index in [1.54, 1.807) is 12.1 Å². The van der Waals surface area contributed by atoms with Crippen molar-refractivity contribution < 1.29 is 18.3 Å². The zero-order valence-corrected chi connectivity index (χ0v) is 11.5. The summed E-state index contributed by atoms with van der Waals surface area (Å²) in [7, 11) is 0. The maximum atomic E-state index is 13.8. The highest BCUT2D eigenvalue weighted by Crippen LogP contribution is 2.43. The molecule has 1 unspecified atom stereocenters. The van der Waals surface area contributed by atoms with Crippen LogP contribution in [0.2, 0.25) is 0 Å². The second kappa shape index (κ2) is 5.21. The van der Waals surface area contributed by atoms with Crippen molar-refractivity contribution in [2.24, 2.45) is 4.99 Å². The van der Waals surface area contributed by atoms with Crippen LogP contribution < -0.4 is 10.7 Å². The van der Waals surface area contributed by atoms with Crippen molar-refractivity contribution in [2.45, 2.75) is 18.2 Å². The number of benzene rings is 1. The second-order valence-corrected chi connectivity index (χ2v) is 5.20. The molecular formula is C16H13F3N2O. The Morgan fingerprint density at radius 3 is 2.50 bits per heavy atom. The Bertz CT molecular complexity index is 799. The molecule has 1 atom stereocenters. The standard InChI is InChI=1S/C16H13F3N2O/c17-16(18,19)15(13-5-3-11(9-22)4-6-13)8-12-2-1-7-20-14(12)21-10-15/h1-8,22H,9-10H2. The van der Waals surface area contributed by atoms with Crippen molar-refractivity contribution in [1.29, 1.82) is 0 Å². The summed E-state index contributed by atoms with van der Waals surface area (Å²) in [6, 6.07) is 8.95. The van der Waals surface area contributed by atoms with Crippen LogP contribution in [0.5, 0.6) is 0 Å². The molecule has 114 valence electrons. The summed E-state index contributed by atoms with van der Waals surface area (Å²) in [6.45, 7) is -0.640. The zero-order valence-electron chi connectivity index (χ0n) is 11.5. The van der Waals surface area contributed by atoms with Crippen molar-refractivity contribution in [3.05, 3.63) is 64.4 Å². The first-order valence-electron chi connectivity index (χ1n) is 6.72. The van der Waals surface area contributed by atoms with E-state index in [4.69, 9.17) is 5.11 Å². The quantitative estimate of drug-likeness (QED) is 0.913. The van der Waals surface area contributed by atoms with Crippen LogP contribution in [0.15, 0.2) is 47.6 Å². The monoisotopic (exact) mass is 306 g/mol. The van der Waals surface area contributed by atoms with Gasteiger partial charge in [0, 0.05) is 11.4 Å². The molecule has 3 nitrogen and oxygen atoms in total. The van der Waals surface area contributed by atoms with Gasteiger partial charge in [-0.15, -0.1) is 0 Å². The lowest BCUT2D eigenvalue weighted by atomic mass is 9.77. The van der Waals surface area contributed by atoms with Gasteiger partial charge in [-0.1, -0.05) is 30.3 Å². The van der Waals surface area contributed by atoms with E-state index < -0.39 is 18.1 Å². The summed E-state index contributed by atoms with van der Waals surface area (Å²) in [4.78, 5) is 8.01. The van der Waals surface area contributed by atoms with Gasteiger partial charge in [0.05, 0.1) is 13.2 Å². The van der Waals surface area contributed by atoms with E-state index in [0.717, 1.165) is 0 Å². The third-order valence-corrected chi connectivity index (χ3v) is 3.85. The summed E-state index contributed by atoms with van der Waals surface area (Å²) in [6.07, 6.45) is -1.78. The largest absolute Gasteiger partial charge is 0.403 e. The molecule has 0 spiro atoms. The number of pyridine rings is 1. The first-order chi connectivity index (χ1) is 10.5. The third kappa shape index (κ3) is 2.29. The van der Waals surface area contributed by atoms with Crippen LogP contribution in [0.1, 0.15) is 11.1 Å². The van der Waals surface area contributed by atoms with Crippen molar-refractivity contribution >= 4 is 6.08 Å². The highest BCUT2D eigenvalue weighted by atomic mass is 19.4. The van der Waals surface area contributed by atoms with E-state index in [-0.39, 0.29) is 12.2 Å². The van der Waals surface area contributed by atoms with Crippen LogP contribution >= 0.6 is 0 Å². The number of aliphatic hydroxyl groups is 1. The van der Waals surface area contributed by atoms with Gasteiger partial charge in [0.25, 0.3) is 0 Å². The molecule has 0 aliphatic carbocycles. The highest BCUT2D eigenvalue weighted by molar-refractivity contribution is 5.51. The number of hydrogen-bond donors (Lipinski definition) is 1. The number of nitrogens with zero attached hydrogens (tertiary/aromatic N) is 2. The molecule has 0 saturated carbocycles. The summed E-state index contributed by atoms with van der Waals surface area (Å²) in [5.41, 5.74) is -1.17. The Balaban J connectivity index is 2.21. The van der Waals surface area contributed by atoms with Crippen LogP contribution in [0.4, 0.5) is 13.2 Å². The van der Waals surface area contributed by atoms with Crippen LogP contribution in [-0.4, -0.2) is 22.8 Å². The average molecular weight is 306 g/mol. The summed E-state index contributed by atoms with van der Waals surface area (Å²) in [5, 5.41) is 9.41. The molecule has 3 rings (SSSR count). The number of halogens is 3. The SMILES string of the molecule is OCc1ccc(C2(C(F)(F)F)C=c3cccnc3=NC2)cc1. The van der Waals surface area contributed by atoms with E-state index in [1.165, 1.54) is 36.5 Å². The topological polar surface area (TPSA) is 45.5 Å². The maximum Gasteiger partial charge on any atom is 0.403 e. The molecule has 0 bridgehead atoms. The third-order valence-electron chi connectivity index (χ3n) is 3.85. The molecule has 2 heterocycles. The molecule has 1 N–H and O–H groups in total. The predicted octanol–water partition coefficient (Wildman–Crippen LogP) is 1.49. The van der Waals surface area contributed by atoms with Gasteiger partial charge in [0.2, 0.25) is 0 Å². The molecule has 1 aromatic heterocycles.